The first-order valence-electron chi connectivity index (χ1n) is 10.0. The lowest BCUT2D eigenvalue weighted by atomic mass is 10.1. The Morgan fingerprint density at radius 1 is 1.06 bits per heavy atom. The number of aliphatic hydroxyl groups excluding tert-OH is 1. The lowest BCUT2D eigenvalue weighted by Gasteiger charge is -2.19. The van der Waals surface area contributed by atoms with Gasteiger partial charge in [0.1, 0.15) is 6.61 Å². The molecule has 33 heavy (non-hydrogen) atoms. The van der Waals surface area contributed by atoms with E-state index in [1.807, 2.05) is 18.2 Å². The van der Waals surface area contributed by atoms with Crippen molar-refractivity contribution in [3.63, 3.8) is 0 Å². The predicted octanol–water partition coefficient (Wildman–Crippen LogP) is 2.94. The van der Waals surface area contributed by atoms with Crippen molar-refractivity contribution < 1.29 is 43.2 Å². The predicted molar refractivity (Wildman–Crippen MR) is 117 cm³/mol. The maximum Gasteiger partial charge on any atom is 0.410 e. The first-order valence-corrected chi connectivity index (χ1v) is 11.9. The fourth-order valence-corrected chi connectivity index (χ4v) is 4.25. The molecule has 0 saturated heterocycles. The second-order valence-electron chi connectivity index (χ2n) is 6.97. The average molecular weight is 479 g/mol. The average Bonchev–Trinajstić information content (AvgIpc) is 2.82. The van der Waals surface area contributed by atoms with Gasteiger partial charge in [-0.1, -0.05) is 42.5 Å². The van der Waals surface area contributed by atoms with Gasteiger partial charge in [-0.05, 0) is 29.7 Å². The second-order valence-corrected chi connectivity index (χ2v) is 9.42. The zero-order valence-electron chi connectivity index (χ0n) is 18.0. The number of nitrogens with one attached hydrogen (secondary N) is 1. The third-order valence-corrected chi connectivity index (χ3v) is 6.53. The summed E-state index contributed by atoms with van der Waals surface area (Å²) in [5, 5.41) is 12.5. The number of aliphatic hydroxyl groups is 1. The van der Waals surface area contributed by atoms with Crippen LogP contribution in [0, 0.1) is 0 Å². The lowest BCUT2D eigenvalue weighted by molar-refractivity contribution is -0.144. The van der Waals surface area contributed by atoms with Crippen LogP contribution in [0.3, 0.4) is 0 Å². The topological polar surface area (TPSA) is 148 Å². The van der Waals surface area contributed by atoms with Gasteiger partial charge in [-0.2, -0.15) is 0 Å². The van der Waals surface area contributed by atoms with Gasteiger partial charge in [0.15, 0.2) is 12.6 Å². The molecule has 0 radical (unpaired) electrons. The molecule has 1 amide bonds. The minimum absolute atomic E-state index is 0.0290. The summed E-state index contributed by atoms with van der Waals surface area (Å²) < 4.78 is 26.9. The molecule has 0 aromatic heterocycles. The number of hydrogen-bond donors (Lipinski definition) is 3. The van der Waals surface area contributed by atoms with E-state index in [-0.39, 0.29) is 36.7 Å². The number of rotatable bonds is 11. The Balaban J connectivity index is 1.70. The number of carbonyl (C=O) groups is 3. The van der Waals surface area contributed by atoms with Crippen LogP contribution in [-0.2, 0) is 30.2 Å². The first kappa shape index (κ1) is 26.1. The number of ether oxygens (including phenoxy) is 3. The van der Waals surface area contributed by atoms with Crippen LogP contribution in [0.25, 0.3) is 0 Å². The fraction of sp³-hybridized carbons (Fsp3) is 0.318. The van der Waals surface area contributed by atoms with E-state index >= 15 is 0 Å². The van der Waals surface area contributed by atoms with Crippen molar-refractivity contribution in [2.24, 2.45) is 0 Å². The van der Waals surface area contributed by atoms with Crippen LogP contribution in [0.2, 0.25) is 0 Å². The molecule has 178 valence electrons. The molecule has 0 heterocycles. The number of benzene rings is 2. The number of esters is 2. The summed E-state index contributed by atoms with van der Waals surface area (Å²) >= 11 is 0. The quantitative estimate of drug-likeness (QED) is 0.191. The molecule has 10 nitrogen and oxygen atoms in total. The summed E-state index contributed by atoms with van der Waals surface area (Å²) in [6, 6.07) is 14.6. The number of hydrogen-bond acceptors (Lipinski definition) is 8. The SMILES string of the molecule is COC(=O)c1cccc([C@@H](O)P(=O)(O)CCCC(=O)OCNC(=O)OCc2ccccc2)c1. The lowest BCUT2D eigenvalue weighted by Crippen LogP contribution is -2.28. The molecule has 2 atom stereocenters. The highest BCUT2D eigenvalue weighted by atomic mass is 31.2. The van der Waals surface area contributed by atoms with E-state index in [1.165, 1.54) is 31.4 Å². The van der Waals surface area contributed by atoms with Crippen LogP contribution in [0.15, 0.2) is 54.6 Å². The standard InChI is InChI=1S/C22H26NO9P/c1-30-20(25)17-9-5-10-18(13-17)21(26)33(28,29)12-6-11-19(24)32-15-23-22(27)31-14-16-7-3-2-4-8-16/h2-5,7-10,13,21,26H,6,11-12,14-15H2,1H3,(H,23,27)(H,28,29)/t21-/m0/s1. The Bertz CT molecular complexity index is 996. The molecule has 3 N–H and O–H groups in total. The van der Waals surface area contributed by atoms with Crippen molar-refractivity contribution in [3.05, 3.63) is 71.3 Å². The van der Waals surface area contributed by atoms with Gasteiger partial charge in [-0.25, -0.2) is 9.59 Å². The van der Waals surface area contributed by atoms with Gasteiger partial charge in [0.2, 0.25) is 7.37 Å². The number of carbonyl (C=O) groups excluding carboxylic acids is 3. The zero-order chi connectivity index (χ0) is 24.3. The summed E-state index contributed by atoms with van der Waals surface area (Å²) in [5.41, 5.74) is 1.02. The van der Waals surface area contributed by atoms with Crippen molar-refractivity contribution >= 4 is 25.4 Å². The fourth-order valence-electron chi connectivity index (χ4n) is 2.77. The molecule has 0 bridgehead atoms. The molecule has 1 unspecified atom stereocenters. The molecule has 11 heteroatoms. The van der Waals surface area contributed by atoms with Crippen molar-refractivity contribution in [2.45, 2.75) is 25.3 Å². The molecule has 0 aliphatic heterocycles. The second kappa shape index (κ2) is 12.7. The van der Waals surface area contributed by atoms with E-state index in [1.54, 1.807) is 12.1 Å². The molecule has 0 aliphatic rings. The van der Waals surface area contributed by atoms with Crippen LogP contribution in [0.4, 0.5) is 4.79 Å². The highest BCUT2D eigenvalue weighted by molar-refractivity contribution is 7.58. The molecule has 2 aromatic rings. The van der Waals surface area contributed by atoms with E-state index in [0.717, 1.165) is 5.56 Å². The van der Waals surface area contributed by atoms with Crippen LogP contribution in [0.5, 0.6) is 0 Å². The van der Waals surface area contributed by atoms with Gasteiger partial charge in [-0.3, -0.25) is 14.7 Å². The Hall–Kier alpha value is -3.20. The van der Waals surface area contributed by atoms with Crippen molar-refractivity contribution in [3.8, 4) is 0 Å². The van der Waals surface area contributed by atoms with Crippen molar-refractivity contribution in [2.75, 3.05) is 20.0 Å². The van der Waals surface area contributed by atoms with E-state index in [2.05, 4.69) is 10.1 Å². The molecule has 0 fully saturated rings. The zero-order valence-corrected chi connectivity index (χ0v) is 18.9. The third kappa shape index (κ3) is 8.69. The van der Waals surface area contributed by atoms with Crippen molar-refractivity contribution in [1.82, 2.24) is 5.32 Å². The van der Waals surface area contributed by atoms with E-state index < -0.39 is 38.0 Å². The van der Waals surface area contributed by atoms with Gasteiger partial charge >= 0.3 is 18.0 Å². The van der Waals surface area contributed by atoms with Gasteiger partial charge < -0.3 is 24.2 Å². The summed E-state index contributed by atoms with van der Waals surface area (Å²) in [4.78, 5) is 45.2. The maximum absolute atomic E-state index is 12.5. The molecule has 2 rings (SSSR count). The maximum atomic E-state index is 12.5. The third-order valence-electron chi connectivity index (χ3n) is 4.51. The number of amides is 1. The minimum atomic E-state index is -4.09. The van der Waals surface area contributed by atoms with Gasteiger partial charge in [0, 0.05) is 12.6 Å². The smallest absolute Gasteiger partial charge is 0.410 e. The molecular formula is C22H26NO9P. The van der Waals surface area contributed by atoms with Crippen LogP contribution in [-0.4, -0.2) is 48.0 Å². The van der Waals surface area contributed by atoms with E-state index in [9.17, 15) is 28.9 Å². The normalized spacial score (nSPS) is 13.3. The Labute approximate surface area is 190 Å². The molecular weight excluding hydrogens is 453 g/mol. The van der Waals surface area contributed by atoms with Gasteiger partial charge in [0.25, 0.3) is 0 Å². The van der Waals surface area contributed by atoms with Gasteiger partial charge in [0.05, 0.1) is 12.7 Å². The number of methoxy groups -OCH3 is 1. The minimum Gasteiger partial charge on any atom is -0.465 e. The summed E-state index contributed by atoms with van der Waals surface area (Å²) in [7, 11) is -2.90. The van der Waals surface area contributed by atoms with Crippen LogP contribution in [0.1, 0.15) is 40.2 Å². The Morgan fingerprint density at radius 2 is 1.79 bits per heavy atom. The number of alkyl carbamates (subject to hydrolysis) is 1. The first-order chi connectivity index (χ1) is 15.7. The van der Waals surface area contributed by atoms with Crippen LogP contribution < -0.4 is 5.32 Å². The van der Waals surface area contributed by atoms with Gasteiger partial charge in [-0.15, -0.1) is 0 Å². The monoisotopic (exact) mass is 479 g/mol. The Kier molecular flexibility index (Phi) is 10.1. The van der Waals surface area contributed by atoms with Crippen molar-refractivity contribution in [1.29, 1.82) is 0 Å². The largest absolute Gasteiger partial charge is 0.465 e. The summed E-state index contributed by atoms with van der Waals surface area (Å²) in [6.07, 6.45) is -1.33. The summed E-state index contributed by atoms with van der Waals surface area (Å²) in [6.45, 7) is -0.344. The highest BCUT2D eigenvalue weighted by Gasteiger charge is 2.30. The highest BCUT2D eigenvalue weighted by Crippen LogP contribution is 2.54. The Morgan fingerprint density at radius 3 is 2.48 bits per heavy atom. The van der Waals surface area contributed by atoms with Crippen LogP contribution >= 0.6 is 7.37 Å². The van der Waals surface area contributed by atoms with E-state index in [0.29, 0.717) is 0 Å². The summed E-state index contributed by atoms with van der Waals surface area (Å²) in [5.74, 6) is -3.06. The van der Waals surface area contributed by atoms with E-state index in [4.69, 9.17) is 9.47 Å². The molecule has 0 spiro atoms. The molecule has 0 saturated carbocycles. The molecule has 0 aliphatic carbocycles. The molecule has 2 aromatic carbocycles.